The van der Waals surface area contributed by atoms with E-state index in [1.807, 2.05) is 23.6 Å². The third kappa shape index (κ3) is 2.52. The molecule has 0 aliphatic carbocycles. The first-order valence-corrected chi connectivity index (χ1v) is 6.37. The van der Waals surface area contributed by atoms with Gasteiger partial charge in [-0.1, -0.05) is 11.3 Å². The summed E-state index contributed by atoms with van der Waals surface area (Å²) in [5, 5.41) is 2.70. The molecule has 0 fully saturated rings. The van der Waals surface area contributed by atoms with Crippen LogP contribution in [0.3, 0.4) is 0 Å². The number of hydrogen-bond donors (Lipinski definition) is 1. The maximum Gasteiger partial charge on any atom is 0.329 e. The zero-order valence-corrected chi connectivity index (χ0v) is 11.2. The van der Waals surface area contributed by atoms with Crippen LogP contribution in [0.15, 0.2) is 23.6 Å². The molecule has 4 nitrogen and oxygen atoms in total. The monoisotopic (exact) mass is 284 g/mol. The topological polar surface area (TPSA) is 58.6 Å². The van der Waals surface area contributed by atoms with Crippen molar-refractivity contribution >= 4 is 16.5 Å². The molecule has 18 heavy (non-hydrogen) atoms. The van der Waals surface area contributed by atoms with Gasteiger partial charge in [0.15, 0.2) is 11.5 Å². The first-order valence-electron chi connectivity index (χ1n) is 5.49. The Labute approximate surface area is 115 Å². The first kappa shape index (κ1) is 13.0. The van der Waals surface area contributed by atoms with Gasteiger partial charge in [0.25, 0.3) is 0 Å². The maximum atomic E-state index is 5.69. The molecule has 0 bridgehead atoms. The Morgan fingerprint density at radius 3 is 2.67 bits per heavy atom. The predicted molar refractivity (Wildman–Crippen MR) is 66.3 cm³/mol. The lowest BCUT2D eigenvalue weighted by molar-refractivity contribution is -0.340. The van der Waals surface area contributed by atoms with Gasteiger partial charge in [-0.2, -0.15) is 0 Å². The normalized spacial score (nSPS) is 13.6. The lowest BCUT2D eigenvalue weighted by Crippen LogP contribution is -3.00. The molecule has 3 rings (SSSR count). The summed E-state index contributed by atoms with van der Waals surface area (Å²) in [4.78, 5) is 3.11. The van der Waals surface area contributed by atoms with E-state index in [-0.39, 0.29) is 12.4 Å². The number of anilines is 1. The number of H-pyrrole nitrogens is 1. The summed E-state index contributed by atoms with van der Waals surface area (Å²) in [6.07, 6.45) is 0.918. The smallest absolute Gasteiger partial charge is 0.329 e. The quantitative estimate of drug-likeness (QED) is 0.729. The van der Waals surface area contributed by atoms with Crippen molar-refractivity contribution in [3.63, 3.8) is 0 Å². The van der Waals surface area contributed by atoms with E-state index in [1.54, 1.807) is 0 Å². The van der Waals surface area contributed by atoms with Crippen LogP contribution in [-0.2, 0) is 0 Å². The summed E-state index contributed by atoms with van der Waals surface area (Å²) in [6, 6.07) is 5.93. The highest BCUT2D eigenvalue weighted by Crippen LogP contribution is 2.33. The van der Waals surface area contributed by atoms with Crippen molar-refractivity contribution in [1.82, 2.24) is 0 Å². The third-order valence-electron chi connectivity index (χ3n) is 2.62. The predicted octanol–water partition coefficient (Wildman–Crippen LogP) is -1.02. The number of benzene rings is 1. The lowest BCUT2D eigenvalue weighted by atomic mass is 10.1. The van der Waals surface area contributed by atoms with Crippen LogP contribution in [0, 0.1) is 0 Å². The molecule has 3 N–H and O–H groups in total. The number of thiazole rings is 1. The average molecular weight is 285 g/mol. The number of nitrogens with two attached hydrogens (primary N) is 1. The van der Waals surface area contributed by atoms with Crippen molar-refractivity contribution in [2.45, 2.75) is 6.42 Å². The van der Waals surface area contributed by atoms with Gasteiger partial charge < -0.3 is 21.9 Å². The van der Waals surface area contributed by atoms with E-state index in [1.165, 1.54) is 11.3 Å². The van der Waals surface area contributed by atoms with E-state index in [0.717, 1.165) is 29.2 Å². The van der Waals surface area contributed by atoms with Crippen LogP contribution in [0.5, 0.6) is 11.5 Å². The Balaban J connectivity index is 0.00000120. The minimum atomic E-state index is 0. The summed E-state index contributed by atoms with van der Waals surface area (Å²) < 4.78 is 11.2. The second-order valence-electron chi connectivity index (χ2n) is 3.85. The fourth-order valence-electron chi connectivity index (χ4n) is 1.79. The Morgan fingerprint density at radius 2 is 1.94 bits per heavy atom. The van der Waals surface area contributed by atoms with Crippen molar-refractivity contribution in [3.8, 4) is 22.8 Å². The average Bonchev–Trinajstić information content (AvgIpc) is 2.64. The van der Waals surface area contributed by atoms with Gasteiger partial charge in [-0.05, 0) is 18.2 Å². The van der Waals surface area contributed by atoms with E-state index >= 15 is 0 Å². The van der Waals surface area contributed by atoms with Crippen LogP contribution < -0.4 is 32.6 Å². The number of nitrogen functional groups attached to an aromatic ring is 1. The molecule has 2 heterocycles. The Bertz CT molecular complexity index is 545. The standard InChI is InChI=1S/C12H12N2O2S.ClH/c13-12-14-9(7-17-12)8-2-3-10-11(6-8)16-5-1-4-15-10;/h2-3,6-7H,1,4-5H2,(H2,13,14);1H. The molecule has 0 saturated carbocycles. The van der Waals surface area contributed by atoms with Crippen molar-refractivity contribution in [3.05, 3.63) is 23.6 Å². The van der Waals surface area contributed by atoms with E-state index in [0.29, 0.717) is 18.3 Å². The number of halogens is 1. The summed E-state index contributed by atoms with van der Waals surface area (Å²) in [5.41, 5.74) is 7.75. The van der Waals surface area contributed by atoms with Gasteiger partial charge in [0, 0.05) is 17.4 Å². The van der Waals surface area contributed by atoms with Crippen molar-refractivity contribution in [2.75, 3.05) is 18.9 Å². The molecular formula is C12H13ClN2O2S. The molecule has 0 spiro atoms. The van der Waals surface area contributed by atoms with Crippen molar-refractivity contribution in [1.29, 1.82) is 0 Å². The molecule has 0 atom stereocenters. The summed E-state index contributed by atoms with van der Waals surface area (Å²) in [7, 11) is 0. The van der Waals surface area contributed by atoms with E-state index in [4.69, 9.17) is 15.2 Å². The van der Waals surface area contributed by atoms with Gasteiger partial charge in [-0.25, -0.2) is 4.98 Å². The molecule has 1 aliphatic rings. The summed E-state index contributed by atoms with van der Waals surface area (Å²) in [5.74, 6) is 1.62. The van der Waals surface area contributed by atoms with Gasteiger partial charge >= 0.3 is 5.13 Å². The van der Waals surface area contributed by atoms with Crippen LogP contribution in [-0.4, -0.2) is 13.2 Å². The van der Waals surface area contributed by atoms with Crippen LogP contribution in [0.2, 0.25) is 0 Å². The Morgan fingerprint density at radius 1 is 1.17 bits per heavy atom. The first-order chi connectivity index (χ1) is 8.33. The maximum absolute atomic E-state index is 5.69. The molecule has 0 amide bonds. The lowest BCUT2D eigenvalue weighted by Gasteiger charge is -2.07. The molecule has 6 heteroatoms. The SMILES string of the molecule is Nc1[nH+]c(-c2ccc3c(c2)OCCCO3)cs1.[Cl-]. The number of aromatic amines is 1. The molecule has 0 unspecified atom stereocenters. The Hall–Kier alpha value is -1.46. The largest absolute Gasteiger partial charge is 1.00 e. The number of ether oxygens (including phenoxy) is 2. The van der Waals surface area contributed by atoms with Crippen molar-refractivity contribution < 1.29 is 26.9 Å². The van der Waals surface area contributed by atoms with E-state index in [2.05, 4.69) is 4.98 Å². The Kier molecular flexibility index (Phi) is 3.93. The molecule has 96 valence electrons. The second kappa shape index (κ2) is 5.46. The highest BCUT2D eigenvalue weighted by molar-refractivity contribution is 7.13. The minimum Gasteiger partial charge on any atom is -1.00 e. The molecule has 2 aromatic rings. The molecule has 1 aliphatic heterocycles. The van der Waals surface area contributed by atoms with Crippen LogP contribution in [0.1, 0.15) is 6.42 Å². The fraction of sp³-hybridized carbons (Fsp3) is 0.250. The van der Waals surface area contributed by atoms with Gasteiger partial charge in [-0.15, -0.1) is 0 Å². The number of rotatable bonds is 1. The van der Waals surface area contributed by atoms with Crippen molar-refractivity contribution in [2.24, 2.45) is 0 Å². The van der Waals surface area contributed by atoms with E-state index < -0.39 is 0 Å². The number of aromatic nitrogens is 1. The minimum absolute atomic E-state index is 0. The molecule has 0 saturated heterocycles. The second-order valence-corrected chi connectivity index (χ2v) is 4.76. The highest BCUT2D eigenvalue weighted by atomic mass is 35.5. The fourth-order valence-corrected chi connectivity index (χ4v) is 2.39. The zero-order chi connectivity index (χ0) is 11.7. The zero-order valence-electron chi connectivity index (χ0n) is 9.61. The van der Waals surface area contributed by atoms with Crippen LogP contribution >= 0.6 is 11.3 Å². The molecule has 1 aromatic heterocycles. The van der Waals surface area contributed by atoms with Gasteiger partial charge in [0.2, 0.25) is 0 Å². The highest BCUT2D eigenvalue weighted by Gasteiger charge is 2.13. The molecule has 0 radical (unpaired) electrons. The van der Waals surface area contributed by atoms with Crippen LogP contribution in [0.25, 0.3) is 11.3 Å². The number of fused-ring (bicyclic) bond motifs is 1. The van der Waals surface area contributed by atoms with E-state index in [9.17, 15) is 0 Å². The summed E-state index contributed by atoms with van der Waals surface area (Å²) in [6.45, 7) is 1.41. The summed E-state index contributed by atoms with van der Waals surface area (Å²) >= 11 is 1.49. The number of hydrogen-bond acceptors (Lipinski definition) is 4. The molecule has 1 aromatic carbocycles. The van der Waals surface area contributed by atoms with Gasteiger partial charge in [0.05, 0.1) is 13.2 Å². The van der Waals surface area contributed by atoms with Gasteiger partial charge in [0.1, 0.15) is 5.69 Å². The third-order valence-corrected chi connectivity index (χ3v) is 3.33. The van der Waals surface area contributed by atoms with Gasteiger partial charge in [-0.3, -0.25) is 5.73 Å². The molecular weight excluding hydrogens is 272 g/mol. The van der Waals surface area contributed by atoms with Crippen LogP contribution in [0.4, 0.5) is 5.13 Å². The number of nitrogens with one attached hydrogen (secondary N) is 1.